The number of nitrogens with two attached hydrogens (primary N) is 2. The Morgan fingerprint density at radius 3 is 2.25 bits per heavy atom. The summed E-state index contributed by atoms with van der Waals surface area (Å²) in [4.78, 5) is 0. The zero-order valence-electron chi connectivity index (χ0n) is 8.18. The van der Waals surface area contributed by atoms with E-state index in [1.807, 2.05) is 0 Å². The number of hydrogen-bond donors (Lipinski definition) is 2. The van der Waals surface area contributed by atoms with Crippen LogP contribution >= 0.6 is 0 Å². The molecule has 0 atom stereocenters. The molecule has 0 heterocycles. The van der Waals surface area contributed by atoms with Gasteiger partial charge >= 0.3 is 0 Å². The van der Waals surface area contributed by atoms with Crippen LogP contribution in [0, 0.1) is 0 Å². The Bertz CT molecular complexity index is 119. The van der Waals surface area contributed by atoms with Gasteiger partial charge in [-0.2, -0.15) is 0 Å². The lowest BCUT2D eigenvalue weighted by molar-refractivity contribution is 0.605. The third kappa shape index (κ3) is 7.45. The van der Waals surface area contributed by atoms with Crippen LogP contribution in [0.1, 0.15) is 51.9 Å². The third-order valence-electron chi connectivity index (χ3n) is 2.03. The molecule has 12 heavy (non-hydrogen) atoms. The fourth-order valence-electron chi connectivity index (χ4n) is 1.19. The predicted molar refractivity (Wildman–Crippen MR) is 54.5 cm³/mol. The van der Waals surface area contributed by atoms with Crippen LogP contribution in [0.3, 0.4) is 0 Å². The number of rotatable bonds is 7. The molecule has 0 aromatic carbocycles. The van der Waals surface area contributed by atoms with Gasteiger partial charge in [0.1, 0.15) is 0 Å². The Labute approximate surface area is 76.0 Å². The summed E-state index contributed by atoms with van der Waals surface area (Å²) in [6.45, 7) is 2.23. The quantitative estimate of drug-likeness (QED) is 0.577. The lowest BCUT2D eigenvalue weighted by Gasteiger charge is -2.00. The second kappa shape index (κ2) is 8.44. The summed E-state index contributed by atoms with van der Waals surface area (Å²) in [6.07, 6.45) is 10.3. The van der Waals surface area contributed by atoms with E-state index in [0.29, 0.717) is 0 Å². The van der Waals surface area contributed by atoms with E-state index in [1.165, 1.54) is 44.7 Å². The Morgan fingerprint density at radius 1 is 1.08 bits per heavy atom. The Kier molecular flexibility index (Phi) is 7.97. The smallest absolute Gasteiger partial charge is 0.0238 e. The number of unbranched alkanes of at least 4 members (excludes halogenated alkanes) is 5. The van der Waals surface area contributed by atoms with E-state index in [0.717, 1.165) is 12.1 Å². The van der Waals surface area contributed by atoms with Crippen LogP contribution in [-0.4, -0.2) is 0 Å². The summed E-state index contributed by atoms with van der Waals surface area (Å²) < 4.78 is 0. The monoisotopic (exact) mass is 170 g/mol. The van der Waals surface area contributed by atoms with Crippen LogP contribution in [0.25, 0.3) is 0 Å². The third-order valence-corrected chi connectivity index (χ3v) is 2.03. The van der Waals surface area contributed by atoms with Gasteiger partial charge in [-0.25, -0.2) is 0 Å². The fourth-order valence-corrected chi connectivity index (χ4v) is 1.19. The van der Waals surface area contributed by atoms with Crippen LogP contribution in [0.2, 0.25) is 0 Å². The summed E-state index contributed by atoms with van der Waals surface area (Å²) in [5.74, 6) is 0. The maximum absolute atomic E-state index is 5.55. The first-order valence-corrected chi connectivity index (χ1v) is 4.97. The highest BCUT2D eigenvalue weighted by Crippen LogP contribution is 2.08. The van der Waals surface area contributed by atoms with E-state index in [4.69, 9.17) is 11.5 Å². The molecule has 2 nitrogen and oxygen atoms in total. The van der Waals surface area contributed by atoms with Crippen molar-refractivity contribution in [1.82, 2.24) is 0 Å². The second-order valence-electron chi connectivity index (χ2n) is 3.26. The lowest BCUT2D eigenvalue weighted by Crippen LogP contribution is -2.00. The highest BCUT2D eigenvalue weighted by molar-refractivity contribution is 4.92. The van der Waals surface area contributed by atoms with Crippen LogP contribution in [0.15, 0.2) is 11.9 Å². The van der Waals surface area contributed by atoms with Crippen molar-refractivity contribution in [2.75, 3.05) is 0 Å². The van der Waals surface area contributed by atoms with Crippen molar-refractivity contribution >= 4 is 0 Å². The molecule has 0 bridgehead atoms. The van der Waals surface area contributed by atoms with E-state index in [-0.39, 0.29) is 0 Å². The van der Waals surface area contributed by atoms with Gasteiger partial charge < -0.3 is 11.5 Å². The van der Waals surface area contributed by atoms with Crippen molar-refractivity contribution in [3.05, 3.63) is 11.9 Å². The predicted octanol–water partition coefficient (Wildman–Crippen LogP) is 2.50. The molecule has 0 spiro atoms. The standard InChI is InChI=1S/C10H22N2/c1-2-3-4-5-6-7-8-10(12)9-11/h9H,2-8,11-12H2,1H3/b10-9+. The van der Waals surface area contributed by atoms with Gasteiger partial charge in [-0.15, -0.1) is 0 Å². The first-order valence-electron chi connectivity index (χ1n) is 4.97. The van der Waals surface area contributed by atoms with Crippen molar-refractivity contribution in [2.45, 2.75) is 51.9 Å². The maximum atomic E-state index is 5.55. The highest BCUT2D eigenvalue weighted by Gasteiger charge is 1.91. The molecular formula is C10H22N2. The van der Waals surface area contributed by atoms with Crippen LogP contribution in [-0.2, 0) is 0 Å². The number of hydrogen-bond acceptors (Lipinski definition) is 2. The van der Waals surface area contributed by atoms with Gasteiger partial charge in [0.2, 0.25) is 0 Å². The molecule has 2 heteroatoms. The van der Waals surface area contributed by atoms with Gasteiger partial charge in [0.05, 0.1) is 0 Å². The van der Waals surface area contributed by atoms with Crippen LogP contribution < -0.4 is 11.5 Å². The Hall–Kier alpha value is -0.660. The molecule has 72 valence electrons. The molecule has 0 rings (SSSR count). The molecule has 0 unspecified atom stereocenters. The van der Waals surface area contributed by atoms with Crippen LogP contribution in [0.5, 0.6) is 0 Å². The molecule has 0 aromatic rings. The molecule has 0 aliphatic rings. The summed E-state index contributed by atoms with van der Waals surface area (Å²) >= 11 is 0. The second-order valence-corrected chi connectivity index (χ2v) is 3.26. The van der Waals surface area contributed by atoms with E-state index in [9.17, 15) is 0 Å². The SMILES string of the molecule is CCCCCCCC/C(N)=C\N. The van der Waals surface area contributed by atoms with E-state index < -0.39 is 0 Å². The number of allylic oxidation sites excluding steroid dienone is 1. The molecule has 0 radical (unpaired) electrons. The topological polar surface area (TPSA) is 52.0 Å². The molecule has 4 N–H and O–H groups in total. The van der Waals surface area contributed by atoms with Gasteiger partial charge in [-0.3, -0.25) is 0 Å². The van der Waals surface area contributed by atoms with Crippen molar-refractivity contribution in [3.8, 4) is 0 Å². The average molecular weight is 170 g/mol. The van der Waals surface area contributed by atoms with Crippen molar-refractivity contribution < 1.29 is 0 Å². The molecule has 0 fully saturated rings. The highest BCUT2D eigenvalue weighted by atomic mass is 14.6. The molecule has 0 saturated carbocycles. The maximum Gasteiger partial charge on any atom is 0.0238 e. The summed E-state index contributed by atoms with van der Waals surface area (Å²) in [5.41, 5.74) is 11.6. The largest absolute Gasteiger partial charge is 0.403 e. The molecule has 0 aliphatic carbocycles. The Morgan fingerprint density at radius 2 is 1.67 bits per heavy atom. The van der Waals surface area contributed by atoms with E-state index >= 15 is 0 Å². The van der Waals surface area contributed by atoms with Crippen LogP contribution in [0.4, 0.5) is 0 Å². The molecule has 0 amide bonds. The van der Waals surface area contributed by atoms with Crippen molar-refractivity contribution in [2.24, 2.45) is 11.5 Å². The van der Waals surface area contributed by atoms with Gasteiger partial charge in [0.15, 0.2) is 0 Å². The minimum atomic E-state index is 0.825. The van der Waals surface area contributed by atoms with Crippen molar-refractivity contribution in [1.29, 1.82) is 0 Å². The zero-order valence-corrected chi connectivity index (χ0v) is 8.18. The van der Waals surface area contributed by atoms with E-state index in [1.54, 1.807) is 0 Å². The van der Waals surface area contributed by atoms with Gasteiger partial charge in [-0.1, -0.05) is 39.0 Å². The summed E-state index contributed by atoms with van der Waals surface area (Å²) in [5, 5.41) is 0. The normalized spacial score (nSPS) is 11.9. The summed E-state index contributed by atoms with van der Waals surface area (Å²) in [6, 6.07) is 0. The average Bonchev–Trinajstić information content (AvgIpc) is 2.10. The Balaban J connectivity index is 3.00. The fraction of sp³-hybridized carbons (Fsp3) is 0.800. The summed E-state index contributed by atoms with van der Waals surface area (Å²) in [7, 11) is 0. The van der Waals surface area contributed by atoms with Gasteiger partial charge in [0, 0.05) is 11.9 Å². The minimum absolute atomic E-state index is 0.825. The zero-order chi connectivity index (χ0) is 9.23. The van der Waals surface area contributed by atoms with Gasteiger partial charge in [0.25, 0.3) is 0 Å². The first kappa shape index (κ1) is 11.3. The first-order chi connectivity index (χ1) is 5.81. The lowest BCUT2D eigenvalue weighted by atomic mass is 10.1. The molecule has 0 saturated heterocycles. The van der Waals surface area contributed by atoms with Gasteiger partial charge in [-0.05, 0) is 12.8 Å². The molecule has 0 aliphatic heterocycles. The van der Waals surface area contributed by atoms with E-state index in [2.05, 4.69) is 6.92 Å². The minimum Gasteiger partial charge on any atom is -0.403 e. The van der Waals surface area contributed by atoms with Crippen molar-refractivity contribution in [3.63, 3.8) is 0 Å². The molecule has 0 aromatic heterocycles. The molecular weight excluding hydrogens is 148 g/mol.